The first-order valence-corrected chi connectivity index (χ1v) is 8.29. The third-order valence-corrected chi connectivity index (χ3v) is 4.40. The van der Waals surface area contributed by atoms with E-state index in [4.69, 9.17) is 0 Å². The molecule has 0 aromatic carbocycles. The van der Waals surface area contributed by atoms with Crippen molar-refractivity contribution in [3.05, 3.63) is 11.9 Å². The average Bonchev–Trinajstić information content (AvgIpc) is 3.00. The normalized spacial score (nSPS) is 23.9. The molecule has 2 heterocycles. The Labute approximate surface area is 129 Å². The predicted molar refractivity (Wildman–Crippen MR) is 86.1 cm³/mol. The van der Waals surface area contributed by atoms with Gasteiger partial charge in [0.05, 0.1) is 12.2 Å². The Bertz CT molecular complexity index is 434. The van der Waals surface area contributed by atoms with E-state index in [1.54, 1.807) is 0 Å². The smallest absolute Gasteiger partial charge is 0.0965 e. The maximum absolute atomic E-state index is 4.25. The zero-order valence-corrected chi connectivity index (χ0v) is 14.3. The number of hydrogen-bond donors (Lipinski definition) is 1. The van der Waals surface area contributed by atoms with Gasteiger partial charge < -0.3 is 5.32 Å². The van der Waals surface area contributed by atoms with Crippen LogP contribution in [0.5, 0.6) is 0 Å². The first-order chi connectivity index (χ1) is 9.89. The highest BCUT2D eigenvalue weighted by atomic mass is 15.4. The molecule has 1 fully saturated rings. The van der Waals surface area contributed by atoms with Gasteiger partial charge in [-0.2, -0.15) is 0 Å². The minimum atomic E-state index is 0.114. The first-order valence-electron chi connectivity index (χ1n) is 8.29. The van der Waals surface area contributed by atoms with Crippen molar-refractivity contribution in [3.63, 3.8) is 0 Å². The second-order valence-electron chi connectivity index (χ2n) is 7.30. The molecular weight excluding hydrogens is 262 g/mol. The topological polar surface area (TPSA) is 46.0 Å². The SMILES string of the molecule is CCC1CCC(C)N1CCn1cc(CNC(C)(C)C)nn1. The van der Waals surface area contributed by atoms with Crippen molar-refractivity contribution >= 4 is 0 Å². The van der Waals surface area contributed by atoms with Crippen molar-refractivity contribution in [1.82, 2.24) is 25.2 Å². The molecule has 1 saturated heterocycles. The molecule has 1 aliphatic rings. The molecule has 0 bridgehead atoms. The van der Waals surface area contributed by atoms with Gasteiger partial charge in [0.25, 0.3) is 0 Å². The van der Waals surface area contributed by atoms with Crippen molar-refractivity contribution in [3.8, 4) is 0 Å². The summed E-state index contributed by atoms with van der Waals surface area (Å²) in [6, 6.07) is 1.46. The highest BCUT2D eigenvalue weighted by Crippen LogP contribution is 2.25. The van der Waals surface area contributed by atoms with Crippen molar-refractivity contribution in [2.75, 3.05) is 6.54 Å². The van der Waals surface area contributed by atoms with Crippen molar-refractivity contribution in [2.24, 2.45) is 0 Å². The Morgan fingerprint density at radius 2 is 2.05 bits per heavy atom. The maximum atomic E-state index is 4.25. The van der Waals surface area contributed by atoms with Gasteiger partial charge in [-0.25, -0.2) is 0 Å². The van der Waals surface area contributed by atoms with Gasteiger partial charge in [-0.05, 0) is 47.0 Å². The van der Waals surface area contributed by atoms with Crippen LogP contribution in [0.15, 0.2) is 6.20 Å². The van der Waals surface area contributed by atoms with E-state index >= 15 is 0 Å². The number of hydrogen-bond acceptors (Lipinski definition) is 4. The van der Waals surface area contributed by atoms with E-state index in [1.165, 1.54) is 19.3 Å². The maximum Gasteiger partial charge on any atom is 0.0965 e. The molecule has 120 valence electrons. The second-order valence-corrected chi connectivity index (χ2v) is 7.30. The van der Waals surface area contributed by atoms with Gasteiger partial charge in [0.15, 0.2) is 0 Å². The molecule has 1 aromatic heterocycles. The lowest BCUT2D eigenvalue weighted by Gasteiger charge is -2.27. The van der Waals surface area contributed by atoms with Crippen LogP contribution in [0, 0.1) is 0 Å². The third-order valence-electron chi connectivity index (χ3n) is 4.40. The van der Waals surface area contributed by atoms with Gasteiger partial charge >= 0.3 is 0 Å². The Balaban J connectivity index is 1.82. The number of nitrogens with zero attached hydrogens (tertiary/aromatic N) is 4. The highest BCUT2D eigenvalue weighted by molar-refractivity contribution is 4.93. The van der Waals surface area contributed by atoms with Crippen LogP contribution in [0.4, 0.5) is 0 Å². The molecule has 0 spiro atoms. The van der Waals surface area contributed by atoms with Gasteiger partial charge in [-0.3, -0.25) is 9.58 Å². The van der Waals surface area contributed by atoms with E-state index in [-0.39, 0.29) is 5.54 Å². The second kappa shape index (κ2) is 6.88. The van der Waals surface area contributed by atoms with Crippen molar-refractivity contribution in [2.45, 2.75) is 84.6 Å². The summed E-state index contributed by atoms with van der Waals surface area (Å²) in [5, 5.41) is 12.0. The number of rotatable bonds is 6. The fourth-order valence-corrected chi connectivity index (χ4v) is 3.07. The van der Waals surface area contributed by atoms with E-state index in [1.807, 2.05) is 4.68 Å². The summed E-state index contributed by atoms with van der Waals surface area (Å²) >= 11 is 0. The Morgan fingerprint density at radius 1 is 1.29 bits per heavy atom. The lowest BCUT2D eigenvalue weighted by atomic mass is 10.1. The van der Waals surface area contributed by atoms with Gasteiger partial charge in [0.1, 0.15) is 0 Å². The summed E-state index contributed by atoms with van der Waals surface area (Å²) in [6.07, 6.45) is 6.00. The molecule has 0 saturated carbocycles. The van der Waals surface area contributed by atoms with Crippen LogP contribution >= 0.6 is 0 Å². The standard InChI is InChI=1S/C16H31N5/c1-6-15-8-7-13(2)21(15)10-9-20-12-14(18-19-20)11-17-16(3,4)5/h12-13,15,17H,6-11H2,1-5H3. The van der Waals surface area contributed by atoms with E-state index < -0.39 is 0 Å². The van der Waals surface area contributed by atoms with Gasteiger partial charge in [-0.1, -0.05) is 12.1 Å². The molecule has 1 aliphatic heterocycles. The zero-order valence-electron chi connectivity index (χ0n) is 14.3. The quantitative estimate of drug-likeness (QED) is 0.875. The van der Waals surface area contributed by atoms with Crippen LogP contribution in [-0.2, 0) is 13.1 Å². The molecule has 0 amide bonds. The largest absolute Gasteiger partial charge is 0.306 e. The molecular formula is C16H31N5. The summed E-state index contributed by atoms with van der Waals surface area (Å²) in [5.41, 5.74) is 1.13. The molecule has 5 heteroatoms. The van der Waals surface area contributed by atoms with Gasteiger partial charge in [0.2, 0.25) is 0 Å². The molecule has 2 atom stereocenters. The predicted octanol–water partition coefficient (Wildman–Crippen LogP) is 2.43. The Hall–Kier alpha value is -0.940. The van der Waals surface area contributed by atoms with E-state index in [0.717, 1.165) is 31.4 Å². The van der Waals surface area contributed by atoms with Crippen LogP contribution in [0.3, 0.4) is 0 Å². The molecule has 1 N–H and O–H groups in total. The highest BCUT2D eigenvalue weighted by Gasteiger charge is 2.28. The van der Waals surface area contributed by atoms with Crippen molar-refractivity contribution < 1.29 is 0 Å². The zero-order chi connectivity index (χ0) is 15.5. The van der Waals surface area contributed by atoms with Crippen LogP contribution in [0.1, 0.15) is 59.6 Å². The number of likely N-dealkylation sites (tertiary alicyclic amines) is 1. The van der Waals surface area contributed by atoms with Crippen molar-refractivity contribution in [1.29, 1.82) is 0 Å². The van der Waals surface area contributed by atoms with Crippen LogP contribution in [0.25, 0.3) is 0 Å². The minimum absolute atomic E-state index is 0.114. The Morgan fingerprint density at radius 3 is 2.71 bits per heavy atom. The fourth-order valence-electron chi connectivity index (χ4n) is 3.07. The molecule has 0 aliphatic carbocycles. The summed E-state index contributed by atoms with van der Waals surface area (Å²) < 4.78 is 1.98. The monoisotopic (exact) mass is 293 g/mol. The van der Waals surface area contributed by atoms with Gasteiger partial charge in [-0.15, -0.1) is 5.10 Å². The molecule has 1 aromatic rings. The third kappa shape index (κ3) is 4.78. The lowest BCUT2D eigenvalue weighted by Crippen LogP contribution is -2.36. The van der Waals surface area contributed by atoms with E-state index in [2.05, 4.69) is 61.3 Å². The summed E-state index contributed by atoms with van der Waals surface area (Å²) in [6.45, 7) is 13.9. The van der Waals surface area contributed by atoms with Crippen LogP contribution < -0.4 is 5.32 Å². The Kier molecular flexibility index (Phi) is 5.38. The lowest BCUT2D eigenvalue weighted by molar-refractivity contribution is 0.188. The summed E-state index contributed by atoms with van der Waals surface area (Å²) in [7, 11) is 0. The molecule has 2 rings (SSSR count). The van der Waals surface area contributed by atoms with Crippen LogP contribution in [-0.4, -0.2) is 44.1 Å². The van der Waals surface area contributed by atoms with Gasteiger partial charge in [0, 0.05) is 36.9 Å². The first kappa shape index (κ1) is 16.4. The molecule has 5 nitrogen and oxygen atoms in total. The average molecular weight is 293 g/mol. The van der Waals surface area contributed by atoms with E-state index in [9.17, 15) is 0 Å². The van der Waals surface area contributed by atoms with E-state index in [0.29, 0.717) is 6.04 Å². The minimum Gasteiger partial charge on any atom is -0.306 e. The summed E-state index contributed by atoms with van der Waals surface area (Å²) in [5.74, 6) is 0. The summed E-state index contributed by atoms with van der Waals surface area (Å²) in [4.78, 5) is 2.63. The molecule has 2 unspecified atom stereocenters. The molecule has 21 heavy (non-hydrogen) atoms. The number of aromatic nitrogens is 3. The fraction of sp³-hybridized carbons (Fsp3) is 0.875. The van der Waals surface area contributed by atoms with Crippen LogP contribution in [0.2, 0.25) is 0 Å². The molecule has 0 radical (unpaired) electrons. The number of nitrogens with one attached hydrogen (secondary N) is 1.